The number of hydrogen-bond acceptors (Lipinski definition) is 4. The summed E-state index contributed by atoms with van der Waals surface area (Å²) in [7, 11) is 1.53. The zero-order valence-corrected chi connectivity index (χ0v) is 11.2. The number of hydrogen-bond donors (Lipinski definition) is 2. The number of phenols is 1. The molecule has 0 saturated carbocycles. The molecule has 2 rings (SSSR count). The second-order valence-corrected chi connectivity index (χ2v) is 4.32. The summed E-state index contributed by atoms with van der Waals surface area (Å²) in [6, 6.07) is 11.4. The summed E-state index contributed by atoms with van der Waals surface area (Å²) < 4.78 is 0. The van der Waals surface area contributed by atoms with Crippen LogP contribution in [0, 0.1) is 10.1 Å². The van der Waals surface area contributed by atoms with Gasteiger partial charge in [0.25, 0.3) is 5.69 Å². The molecule has 2 amide bonds. The predicted molar refractivity (Wildman–Crippen MR) is 78.6 cm³/mol. The summed E-state index contributed by atoms with van der Waals surface area (Å²) in [6.07, 6.45) is 0. The molecule has 2 aromatic carbocycles. The first kappa shape index (κ1) is 14.3. The molecular weight excluding hydrogens is 274 g/mol. The summed E-state index contributed by atoms with van der Waals surface area (Å²) in [5.41, 5.74) is 0.715. The van der Waals surface area contributed by atoms with Crippen LogP contribution in [0.1, 0.15) is 0 Å². The van der Waals surface area contributed by atoms with Crippen LogP contribution < -0.4 is 10.2 Å². The largest absolute Gasteiger partial charge is 0.508 e. The lowest BCUT2D eigenvalue weighted by Crippen LogP contribution is -2.31. The number of benzene rings is 2. The van der Waals surface area contributed by atoms with Crippen LogP contribution in [-0.4, -0.2) is 23.1 Å². The van der Waals surface area contributed by atoms with E-state index in [4.69, 9.17) is 0 Å². The number of non-ortho nitro benzene ring substituents is 1. The van der Waals surface area contributed by atoms with Gasteiger partial charge in [-0.2, -0.15) is 0 Å². The number of urea groups is 1. The number of rotatable bonds is 3. The van der Waals surface area contributed by atoms with Crippen molar-refractivity contribution < 1.29 is 14.8 Å². The van der Waals surface area contributed by atoms with Gasteiger partial charge in [-0.05, 0) is 18.2 Å². The second kappa shape index (κ2) is 5.91. The Balaban J connectivity index is 2.14. The molecule has 21 heavy (non-hydrogen) atoms. The highest BCUT2D eigenvalue weighted by Gasteiger charge is 2.13. The smallest absolute Gasteiger partial charge is 0.326 e. The summed E-state index contributed by atoms with van der Waals surface area (Å²) in [6.45, 7) is 0. The Labute approximate surface area is 120 Å². The van der Waals surface area contributed by atoms with Crippen molar-refractivity contribution in [3.63, 3.8) is 0 Å². The van der Waals surface area contributed by atoms with Gasteiger partial charge in [0.05, 0.1) is 4.92 Å². The van der Waals surface area contributed by atoms with E-state index in [1.807, 2.05) is 0 Å². The minimum Gasteiger partial charge on any atom is -0.508 e. The highest BCUT2D eigenvalue weighted by molar-refractivity contribution is 6.01. The van der Waals surface area contributed by atoms with Crippen LogP contribution in [0.5, 0.6) is 5.75 Å². The van der Waals surface area contributed by atoms with Crippen molar-refractivity contribution in [3.8, 4) is 5.75 Å². The lowest BCUT2D eigenvalue weighted by molar-refractivity contribution is -0.384. The Kier molecular flexibility index (Phi) is 4.03. The fraction of sp³-hybridized carbons (Fsp3) is 0.0714. The number of amides is 2. The van der Waals surface area contributed by atoms with Crippen molar-refractivity contribution in [2.45, 2.75) is 0 Å². The quantitative estimate of drug-likeness (QED) is 0.670. The van der Waals surface area contributed by atoms with Crippen LogP contribution in [0.3, 0.4) is 0 Å². The van der Waals surface area contributed by atoms with E-state index in [1.54, 1.807) is 18.2 Å². The maximum absolute atomic E-state index is 12.1. The van der Waals surface area contributed by atoms with Crippen molar-refractivity contribution in [1.82, 2.24) is 0 Å². The molecule has 0 unspecified atom stereocenters. The number of carbonyl (C=O) groups is 1. The monoisotopic (exact) mass is 287 g/mol. The molecule has 108 valence electrons. The molecule has 0 aliphatic carbocycles. The Morgan fingerprint density at radius 1 is 1.24 bits per heavy atom. The number of nitrogens with zero attached hydrogens (tertiary/aromatic N) is 2. The van der Waals surface area contributed by atoms with Crippen LogP contribution in [-0.2, 0) is 0 Å². The maximum atomic E-state index is 12.1. The Bertz CT molecular complexity index is 687. The van der Waals surface area contributed by atoms with E-state index < -0.39 is 11.0 Å². The highest BCUT2D eigenvalue weighted by Crippen LogP contribution is 2.21. The first-order valence-electron chi connectivity index (χ1n) is 6.05. The van der Waals surface area contributed by atoms with Gasteiger partial charge in [-0.3, -0.25) is 15.0 Å². The molecule has 0 fully saturated rings. The summed E-state index contributed by atoms with van der Waals surface area (Å²) >= 11 is 0. The number of aromatic hydroxyl groups is 1. The van der Waals surface area contributed by atoms with Crippen molar-refractivity contribution in [2.75, 3.05) is 17.3 Å². The van der Waals surface area contributed by atoms with Crippen LogP contribution in [0.15, 0.2) is 48.5 Å². The van der Waals surface area contributed by atoms with Gasteiger partial charge in [0, 0.05) is 36.6 Å². The third-order valence-corrected chi connectivity index (χ3v) is 2.83. The number of nitrogens with one attached hydrogen (secondary N) is 1. The van der Waals surface area contributed by atoms with Gasteiger partial charge in [0.1, 0.15) is 5.75 Å². The summed E-state index contributed by atoms with van der Waals surface area (Å²) in [4.78, 5) is 23.5. The first-order chi connectivity index (χ1) is 9.97. The van der Waals surface area contributed by atoms with Gasteiger partial charge >= 0.3 is 6.03 Å². The van der Waals surface area contributed by atoms with Crippen molar-refractivity contribution >= 4 is 23.1 Å². The van der Waals surface area contributed by atoms with E-state index in [2.05, 4.69) is 5.32 Å². The molecule has 0 aliphatic heterocycles. The van der Waals surface area contributed by atoms with Gasteiger partial charge in [0.2, 0.25) is 0 Å². The van der Waals surface area contributed by atoms with Crippen LogP contribution in [0.25, 0.3) is 0 Å². The number of carbonyl (C=O) groups excluding carboxylic acids is 1. The average Bonchev–Trinajstić information content (AvgIpc) is 2.46. The number of nitro benzene ring substituents is 1. The predicted octanol–water partition coefficient (Wildman–Crippen LogP) is 2.97. The minimum absolute atomic E-state index is 0.0440. The van der Waals surface area contributed by atoms with E-state index >= 15 is 0 Å². The fourth-order valence-electron chi connectivity index (χ4n) is 1.72. The van der Waals surface area contributed by atoms with Gasteiger partial charge < -0.3 is 10.4 Å². The molecule has 2 aromatic rings. The van der Waals surface area contributed by atoms with E-state index in [0.717, 1.165) is 0 Å². The molecule has 0 saturated heterocycles. The molecule has 0 atom stereocenters. The summed E-state index contributed by atoms with van der Waals surface area (Å²) in [5.74, 6) is 0.0440. The van der Waals surface area contributed by atoms with Crippen molar-refractivity contribution in [2.24, 2.45) is 0 Å². The molecule has 0 spiro atoms. The lowest BCUT2D eigenvalue weighted by Gasteiger charge is -2.18. The maximum Gasteiger partial charge on any atom is 0.326 e. The van der Waals surface area contributed by atoms with Crippen LogP contribution in [0.4, 0.5) is 21.9 Å². The molecule has 2 N–H and O–H groups in total. The third kappa shape index (κ3) is 3.47. The molecule has 0 aromatic heterocycles. The van der Waals surface area contributed by atoms with Gasteiger partial charge in [-0.25, -0.2) is 4.79 Å². The minimum atomic E-state index is -0.533. The number of phenolic OH excluding ortho intramolecular Hbond substituents is 1. The molecule has 0 aliphatic rings. The van der Waals surface area contributed by atoms with Crippen LogP contribution in [0.2, 0.25) is 0 Å². The van der Waals surface area contributed by atoms with E-state index in [-0.39, 0.29) is 11.4 Å². The normalized spacial score (nSPS) is 9.95. The van der Waals surface area contributed by atoms with Gasteiger partial charge in [-0.1, -0.05) is 12.1 Å². The van der Waals surface area contributed by atoms with Gasteiger partial charge in [-0.15, -0.1) is 0 Å². The molecule has 0 radical (unpaired) electrons. The fourth-order valence-corrected chi connectivity index (χ4v) is 1.72. The number of anilines is 2. The average molecular weight is 287 g/mol. The molecular formula is C14H13N3O4. The number of nitro groups is 1. The topological polar surface area (TPSA) is 95.7 Å². The summed E-state index contributed by atoms with van der Waals surface area (Å²) in [5, 5.41) is 22.6. The Morgan fingerprint density at radius 2 is 1.95 bits per heavy atom. The van der Waals surface area contributed by atoms with Crippen molar-refractivity contribution in [1.29, 1.82) is 0 Å². The third-order valence-electron chi connectivity index (χ3n) is 2.83. The van der Waals surface area contributed by atoms with E-state index in [0.29, 0.717) is 11.4 Å². The standard InChI is InChI=1S/C14H13N3O4/c1-16(11-5-3-7-13(18)9-11)14(19)15-10-4-2-6-12(8-10)17(20)21/h2-9,18H,1H3,(H,15,19). The van der Waals surface area contributed by atoms with E-state index in [9.17, 15) is 20.0 Å². The van der Waals surface area contributed by atoms with Crippen LogP contribution >= 0.6 is 0 Å². The van der Waals surface area contributed by atoms with E-state index in [1.165, 1.54) is 42.3 Å². The molecule has 0 bridgehead atoms. The lowest BCUT2D eigenvalue weighted by atomic mass is 10.2. The second-order valence-electron chi connectivity index (χ2n) is 4.32. The Morgan fingerprint density at radius 3 is 2.62 bits per heavy atom. The zero-order valence-electron chi connectivity index (χ0n) is 11.2. The zero-order chi connectivity index (χ0) is 15.4. The molecule has 0 heterocycles. The van der Waals surface area contributed by atoms with Gasteiger partial charge in [0.15, 0.2) is 0 Å². The SMILES string of the molecule is CN(C(=O)Nc1cccc([N+](=O)[O-])c1)c1cccc(O)c1. The molecule has 7 heteroatoms. The highest BCUT2D eigenvalue weighted by atomic mass is 16.6. The Hall–Kier alpha value is -3.09. The van der Waals surface area contributed by atoms with Crippen molar-refractivity contribution in [3.05, 3.63) is 58.6 Å². The first-order valence-corrected chi connectivity index (χ1v) is 6.05. The molecule has 7 nitrogen and oxygen atoms in total.